The third-order valence-corrected chi connectivity index (χ3v) is 4.78. The number of anilines is 1. The molecular weight excluding hydrogens is 371 g/mol. The van der Waals surface area contributed by atoms with Gasteiger partial charge in [0.15, 0.2) is 0 Å². The maximum Gasteiger partial charge on any atom is 0.416 e. The Kier molecular flexibility index (Phi) is 4.33. The van der Waals surface area contributed by atoms with Crippen molar-refractivity contribution in [2.24, 2.45) is 0 Å². The molecule has 28 heavy (non-hydrogen) atoms. The molecule has 1 N–H and O–H groups in total. The van der Waals surface area contributed by atoms with Crippen molar-refractivity contribution in [3.05, 3.63) is 71.4 Å². The van der Waals surface area contributed by atoms with E-state index in [1.165, 1.54) is 12.1 Å². The average Bonchev–Trinajstić information content (AvgIpc) is 3.10. The molecule has 4 rings (SSSR count). The molecule has 0 radical (unpaired) electrons. The van der Waals surface area contributed by atoms with Crippen LogP contribution in [0.5, 0.6) is 5.75 Å². The predicted octanol–water partition coefficient (Wildman–Crippen LogP) is 4.37. The van der Waals surface area contributed by atoms with Crippen LogP contribution < -0.4 is 10.1 Å². The van der Waals surface area contributed by atoms with E-state index in [1.54, 1.807) is 42.3 Å². The Hall–Kier alpha value is -3.29. The fraction of sp³-hybridized carbons (Fsp3) is 0.200. The topological polar surface area (TPSA) is 56.1 Å². The van der Waals surface area contributed by atoms with Crippen molar-refractivity contribution >= 4 is 11.7 Å². The molecule has 0 aliphatic carbocycles. The van der Waals surface area contributed by atoms with Gasteiger partial charge < -0.3 is 10.1 Å². The number of nitrogens with one attached hydrogen (secondary N) is 1. The number of aromatic nitrogens is 2. The van der Waals surface area contributed by atoms with E-state index in [0.29, 0.717) is 17.1 Å². The highest BCUT2D eigenvalue weighted by molar-refractivity contribution is 5.94. The zero-order valence-electron chi connectivity index (χ0n) is 14.8. The van der Waals surface area contributed by atoms with Crippen LogP contribution in [0.4, 0.5) is 19.0 Å². The fourth-order valence-corrected chi connectivity index (χ4v) is 3.34. The third kappa shape index (κ3) is 3.21. The van der Waals surface area contributed by atoms with Crippen molar-refractivity contribution in [3.8, 4) is 11.4 Å². The zero-order chi connectivity index (χ0) is 19.9. The number of nitrogens with zero attached hydrogens (tertiary/aromatic N) is 2. The highest BCUT2D eigenvalue weighted by atomic mass is 19.4. The molecule has 1 atom stereocenters. The molecule has 0 bridgehead atoms. The molecule has 1 aliphatic rings. The second-order valence-corrected chi connectivity index (χ2v) is 6.48. The first-order chi connectivity index (χ1) is 13.4. The van der Waals surface area contributed by atoms with E-state index in [9.17, 15) is 18.0 Å². The molecule has 2 aromatic carbocycles. The lowest BCUT2D eigenvalue weighted by Gasteiger charge is -2.24. The number of amides is 1. The SMILES string of the molecule is COc1ccc(-n2ncc3c2NC(=O)CC3c2ccc(C(F)(F)F)cc2)cc1. The number of alkyl halides is 3. The highest BCUT2D eigenvalue weighted by Crippen LogP contribution is 2.39. The second kappa shape index (κ2) is 6.70. The zero-order valence-corrected chi connectivity index (χ0v) is 14.8. The maximum atomic E-state index is 12.8. The van der Waals surface area contributed by atoms with E-state index in [4.69, 9.17) is 4.74 Å². The van der Waals surface area contributed by atoms with E-state index >= 15 is 0 Å². The largest absolute Gasteiger partial charge is 0.497 e. The van der Waals surface area contributed by atoms with E-state index in [1.807, 2.05) is 0 Å². The molecule has 0 saturated carbocycles. The number of methoxy groups -OCH3 is 1. The summed E-state index contributed by atoms with van der Waals surface area (Å²) in [5.74, 6) is 0.633. The number of hydrogen-bond donors (Lipinski definition) is 1. The van der Waals surface area contributed by atoms with Gasteiger partial charge in [0.25, 0.3) is 0 Å². The van der Waals surface area contributed by atoms with Gasteiger partial charge in [-0.2, -0.15) is 18.3 Å². The predicted molar refractivity (Wildman–Crippen MR) is 96.6 cm³/mol. The van der Waals surface area contributed by atoms with E-state index < -0.39 is 11.7 Å². The van der Waals surface area contributed by atoms with Gasteiger partial charge in [-0.25, -0.2) is 4.68 Å². The highest BCUT2D eigenvalue weighted by Gasteiger charge is 2.33. The van der Waals surface area contributed by atoms with Crippen molar-refractivity contribution in [3.63, 3.8) is 0 Å². The van der Waals surface area contributed by atoms with Gasteiger partial charge in [-0.15, -0.1) is 0 Å². The lowest BCUT2D eigenvalue weighted by molar-refractivity contribution is -0.137. The van der Waals surface area contributed by atoms with Crippen molar-refractivity contribution in [2.75, 3.05) is 12.4 Å². The minimum absolute atomic E-state index is 0.146. The standard InChI is InChI=1S/C20H16F3N3O2/c1-28-15-8-6-14(7-9-15)26-19-17(11-24-26)16(10-18(27)25-19)12-2-4-13(5-3-12)20(21,22)23/h2-9,11,16H,10H2,1H3,(H,25,27). The summed E-state index contributed by atoms with van der Waals surface area (Å²) in [5.41, 5.74) is 1.41. The summed E-state index contributed by atoms with van der Waals surface area (Å²) in [4.78, 5) is 12.3. The number of carbonyl (C=O) groups is 1. The molecule has 3 aromatic rings. The number of benzene rings is 2. The molecule has 2 heterocycles. The molecule has 1 aromatic heterocycles. The monoisotopic (exact) mass is 387 g/mol. The fourth-order valence-electron chi connectivity index (χ4n) is 3.34. The minimum atomic E-state index is -4.40. The van der Waals surface area contributed by atoms with Crippen LogP contribution in [0.2, 0.25) is 0 Å². The van der Waals surface area contributed by atoms with Crippen molar-refractivity contribution < 1.29 is 22.7 Å². The van der Waals surface area contributed by atoms with Crippen LogP contribution in [0, 0.1) is 0 Å². The lowest BCUT2D eigenvalue weighted by atomic mass is 9.87. The summed E-state index contributed by atoms with van der Waals surface area (Å²) >= 11 is 0. The van der Waals surface area contributed by atoms with Crippen molar-refractivity contribution in [1.29, 1.82) is 0 Å². The number of ether oxygens (including phenoxy) is 1. The van der Waals surface area contributed by atoms with Crippen LogP contribution in [0.3, 0.4) is 0 Å². The van der Waals surface area contributed by atoms with Crippen LogP contribution in [0.1, 0.15) is 29.0 Å². The van der Waals surface area contributed by atoms with Crippen molar-refractivity contribution in [1.82, 2.24) is 9.78 Å². The molecule has 0 saturated heterocycles. The second-order valence-electron chi connectivity index (χ2n) is 6.48. The number of fused-ring (bicyclic) bond motifs is 1. The van der Waals surface area contributed by atoms with Crippen LogP contribution in [-0.4, -0.2) is 22.8 Å². The van der Waals surface area contributed by atoms with Gasteiger partial charge >= 0.3 is 6.18 Å². The summed E-state index contributed by atoms with van der Waals surface area (Å²) in [6.07, 6.45) is -2.61. The lowest BCUT2D eigenvalue weighted by Crippen LogP contribution is -2.24. The molecule has 1 aliphatic heterocycles. The molecule has 144 valence electrons. The summed E-state index contributed by atoms with van der Waals surface area (Å²) in [6.45, 7) is 0. The summed E-state index contributed by atoms with van der Waals surface area (Å²) in [5, 5.41) is 7.19. The van der Waals surface area contributed by atoms with Crippen LogP contribution in [0.15, 0.2) is 54.7 Å². The molecule has 1 amide bonds. The Balaban J connectivity index is 1.72. The number of rotatable bonds is 3. The Bertz CT molecular complexity index is 1010. The first-order valence-corrected chi connectivity index (χ1v) is 8.56. The Morgan fingerprint density at radius 2 is 1.79 bits per heavy atom. The summed E-state index contributed by atoms with van der Waals surface area (Å²) < 4.78 is 45.2. The summed E-state index contributed by atoms with van der Waals surface area (Å²) in [7, 11) is 1.57. The number of carbonyl (C=O) groups excluding carboxylic acids is 1. The smallest absolute Gasteiger partial charge is 0.416 e. The molecule has 8 heteroatoms. The van der Waals surface area contributed by atoms with E-state index in [0.717, 1.165) is 23.4 Å². The quantitative estimate of drug-likeness (QED) is 0.726. The molecule has 5 nitrogen and oxygen atoms in total. The number of hydrogen-bond acceptors (Lipinski definition) is 3. The van der Waals surface area contributed by atoms with E-state index in [-0.39, 0.29) is 18.2 Å². The van der Waals surface area contributed by atoms with Gasteiger partial charge in [-0.3, -0.25) is 4.79 Å². The minimum Gasteiger partial charge on any atom is -0.497 e. The Morgan fingerprint density at radius 3 is 2.39 bits per heavy atom. The van der Waals surface area contributed by atoms with Gasteiger partial charge in [0.05, 0.1) is 24.6 Å². The molecule has 1 unspecified atom stereocenters. The Labute approximate surface area is 158 Å². The van der Waals surface area contributed by atoms with Crippen LogP contribution >= 0.6 is 0 Å². The summed E-state index contributed by atoms with van der Waals surface area (Å²) in [6, 6.07) is 12.1. The van der Waals surface area contributed by atoms with Gasteiger partial charge in [-0.05, 0) is 42.0 Å². The third-order valence-electron chi connectivity index (χ3n) is 4.78. The first-order valence-electron chi connectivity index (χ1n) is 8.56. The molecule has 0 fully saturated rings. The first kappa shape index (κ1) is 18.1. The van der Waals surface area contributed by atoms with Gasteiger partial charge in [0, 0.05) is 17.9 Å². The van der Waals surface area contributed by atoms with Gasteiger partial charge in [0.2, 0.25) is 5.91 Å². The molecule has 0 spiro atoms. The van der Waals surface area contributed by atoms with Crippen LogP contribution in [0.25, 0.3) is 5.69 Å². The average molecular weight is 387 g/mol. The van der Waals surface area contributed by atoms with Gasteiger partial charge in [0.1, 0.15) is 11.6 Å². The normalized spacial score (nSPS) is 16.4. The van der Waals surface area contributed by atoms with Gasteiger partial charge in [-0.1, -0.05) is 12.1 Å². The Morgan fingerprint density at radius 1 is 1.11 bits per heavy atom. The van der Waals surface area contributed by atoms with Crippen molar-refractivity contribution in [2.45, 2.75) is 18.5 Å². The maximum absolute atomic E-state index is 12.8. The van der Waals surface area contributed by atoms with E-state index in [2.05, 4.69) is 10.4 Å². The van der Waals surface area contributed by atoms with Crippen LogP contribution in [-0.2, 0) is 11.0 Å². The molecular formula is C20H16F3N3O2. The number of halogens is 3.